The van der Waals surface area contributed by atoms with Crippen LogP contribution in [0.15, 0.2) is 24.3 Å². The van der Waals surface area contributed by atoms with Crippen LogP contribution in [0.3, 0.4) is 0 Å². The van der Waals surface area contributed by atoms with Gasteiger partial charge < -0.3 is 21.1 Å². The molecule has 0 radical (unpaired) electrons. The Hall–Kier alpha value is -0.960. The molecule has 0 unspecified atom stereocenters. The van der Waals surface area contributed by atoms with E-state index in [-0.39, 0.29) is 51.7 Å². The number of benzene rings is 1. The summed E-state index contributed by atoms with van der Waals surface area (Å²) in [5.41, 5.74) is 2.89. The second-order valence-electron chi connectivity index (χ2n) is 8.89. The molecule has 32 heavy (non-hydrogen) atoms. The van der Waals surface area contributed by atoms with Crippen molar-refractivity contribution < 1.29 is 14.7 Å². The summed E-state index contributed by atoms with van der Waals surface area (Å²) in [6.07, 6.45) is 4.91. The molecule has 186 valence electrons. The summed E-state index contributed by atoms with van der Waals surface area (Å²) in [6, 6.07) is 8.87. The summed E-state index contributed by atoms with van der Waals surface area (Å²) in [5, 5.41) is 18.3. The van der Waals surface area contributed by atoms with Crippen LogP contribution in [0.4, 0.5) is 0 Å². The van der Waals surface area contributed by atoms with Gasteiger partial charge in [-0.25, -0.2) is 0 Å². The van der Waals surface area contributed by atoms with Crippen molar-refractivity contribution in [2.45, 2.75) is 77.7 Å². The number of rotatable bonds is 16. The summed E-state index contributed by atoms with van der Waals surface area (Å²) in [7, 11) is 0. The van der Waals surface area contributed by atoms with Crippen molar-refractivity contribution in [1.29, 1.82) is 0 Å². The average Bonchev–Trinajstić information content (AvgIpc) is 2.69. The van der Waals surface area contributed by atoms with Crippen LogP contribution in [0.5, 0.6) is 0 Å². The minimum Gasteiger partial charge on any atom is -0.481 e. The number of carbonyl (C=O) groups is 2. The maximum atomic E-state index is 11.6. The smallest absolute Gasteiger partial charge is 0.303 e. The van der Waals surface area contributed by atoms with Crippen molar-refractivity contribution >= 4 is 45.8 Å². The third kappa shape index (κ3) is 17.6. The molecule has 1 rings (SSSR count). The molecule has 0 atom stereocenters. The molecule has 0 aliphatic carbocycles. The Balaban J connectivity index is 0. The number of carbonyl (C=O) groups excluding carboxylic acids is 1. The van der Waals surface area contributed by atoms with Crippen molar-refractivity contribution in [2.75, 3.05) is 26.2 Å². The predicted molar refractivity (Wildman–Crippen MR) is 143 cm³/mol. The number of carboxylic acid groups (broad SMARTS) is 1. The van der Waals surface area contributed by atoms with Gasteiger partial charge in [-0.15, -0.1) is 34.0 Å². The van der Waals surface area contributed by atoms with Crippen LogP contribution in [-0.4, -0.2) is 43.2 Å². The number of carboxylic acids is 1. The fraction of sp³-hybridized carbons (Fsp3) is 0.667. The maximum Gasteiger partial charge on any atom is 0.303 e. The predicted octanol–water partition coefficient (Wildman–Crippen LogP) is 4.75. The SMILES string of the molecule is Br.Br.CC(C)(C)c1ccc(CNCCCCNCCCNC(=O)CCCCC(=O)O)cc1. The molecule has 0 aliphatic heterocycles. The summed E-state index contributed by atoms with van der Waals surface area (Å²) in [5.74, 6) is -0.789. The zero-order chi connectivity index (χ0) is 22.2. The van der Waals surface area contributed by atoms with Crippen molar-refractivity contribution in [3.8, 4) is 0 Å². The molecular formula is C24H43Br2N3O3. The van der Waals surface area contributed by atoms with Crippen molar-refractivity contribution in [1.82, 2.24) is 16.0 Å². The van der Waals surface area contributed by atoms with E-state index in [4.69, 9.17) is 5.11 Å². The zero-order valence-corrected chi connectivity index (χ0v) is 23.3. The monoisotopic (exact) mass is 579 g/mol. The Bertz CT molecular complexity index is 620. The van der Waals surface area contributed by atoms with Gasteiger partial charge in [0, 0.05) is 25.9 Å². The zero-order valence-electron chi connectivity index (χ0n) is 19.9. The summed E-state index contributed by atoms with van der Waals surface area (Å²) < 4.78 is 0. The quantitative estimate of drug-likeness (QED) is 0.212. The fourth-order valence-corrected chi connectivity index (χ4v) is 3.07. The number of amides is 1. The molecule has 0 spiro atoms. The maximum absolute atomic E-state index is 11.6. The van der Waals surface area contributed by atoms with Crippen LogP contribution in [0.1, 0.15) is 76.8 Å². The van der Waals surface area contributed by atoms with E-state index < -0.39 is 5.97 Å². The minimum absolute atomic E-state index is 0. The Morgan fingerprint density at radius 2 is 1.34 bits per heavy atom. The molecule has 1 amide bonds. The Morgan fingerprint density at radius 1 is 0.781 bits per heavy atom. The molecule has 0 bridgehead atoms. The molecule has 0 saturated carbocycles. The molecule has 0 heterocycles. The van der Waals surface area contributed by atoms with E-state index in [1.165, 1.54) is 11.1 Å². The standard InChI is InChI=1S/C24H41N3O3.2BrH/c1-24(2,3)21-13-11-20(12-14-21)19-26-16-7-6-15-25-17-8-18-27-22(28)9-4-5-10-23(29)30;;/h11-14,25-26H,4-10,15-19H2,1-3H3,(H,27,28)(H,29,30);2*1H. The second-order valence-corrected chi connectivity index (χ2v) is 8.89. The Labute approximate surface area is 215 Å². The summed E-state index contributed by atoms with van der Waals surface area (Å²) in [6.45, 7) is 11.2. The molecule has 0 aliphatic rings. The van der Waals surface area contributed by atoms with E-state index in [0.717, 1.165) is 45.4 Å². The first kappa shape index (κ1) is 33.2. The van der Waals surface area contributed by atoms with Gasteiger partial charge in [0.2, 0.25) is 5.91 Å². The normalized spacial score (nSPS) is 10.7. The Morgan fingerprint density at radius 3 is 1.94 bits per heavy atom. The van der Waals surface area contributed by atoms with Crippen LogP contribution in [0.2, 0.25) is 0 Å². The Kier molecular flexibility index (Phi) is 20.2. The van der Waals surface area contributed by atoms with Gasteiger partial charge in [-0.05, 0) is 68.3 Å². The number of halogens is 2. The third-order valence-corrected chi connectivity index (χ3v) is 5.00. The van der Waals surface area contributed by atoms with Crippen molar-refractivity contribution in [3.63, 3.8) is 0 Å². The molecule has 1 aromatic carbocycles. The first-order chi connectivity index (χ1) is 14.3. The molecule has 0 fully saturated rings. The number of hydrogen-bond acceptors (Lipinski definition) is 4. The molecular weight excluding hydrogens is 538 g/mol. The van der Waals surface area contributed by atoms with Gasteiger partial charge in [-0.3, -0.25) is 9.59 Å². The van der Waals surface area contributed by atoms with Gasteiger partial charge in [0.15, 0.2) is 0 Å². The van der Waals surface area contributed by atoms with Gasteiger partial charge in [0.1, 0.15) is 0 Å². The first-order valence-electron chi connectivity index (χ1n) is 11.3. The molecule has 8 heteroatoms. The van der Waals surface area contributed by atoms with Crippen LogP contribution >= 0.6 is 34.0 Å². The van der Waals surface area contributed by atoms with E-state index in [1.807, 2.05) is 0 Å². The lowest BCUT2D eigenvalue weighted by atomic mass is 9.87. The second kappa shape index (κ2) is 19.5. The number of nitrogens with one attached hydrogen (secondary N) is 3. The molecule has 0 saturated heterocycles. The van der Waals surface area contributed by atoms with Gasteiger partial charge in [-0.1, -0.05) is 45.0 Å². The highest BCUT2D eigenvalue weighted by Crippen LogP contribution is 2.22. The van der Waals surface area contributed by atoms with E-state index >= 15 is 0 Å². The average molecular weight is 581 g/mol. The number of hydrogen-bond donors (Lipinski definition) is 4. The van der Waals surface area contributed by atoms with Crippen molar-refractivity contribution in [2.24, 2.45) is 0 Å². The van der Waals surface area contributed by atoms with Crippen LogP contribution in [0, 0.1) is 0 Å². The van der Waals surface area contributed by atoms with Crippen molar-refractivity contribution in [3.05, 3.63) is 35.4 Å². The van der Waals surface area contributed by atoms with E-state index in [1.54, 1.807) is 0 Å². The molecule has 1 aromatic rings. The van der Waals surface area contributed by atoms with Gasteiger partial charge in [-0.2, -0.15) is 0 Å². The van der Waals surface area contributed by atoms with Crippen LogP contribution in [0.25, 0.3) is 0 Å². The van der Waals surface area contributed by atoms with E-state index in [2.05, 4.69) is 61.0 Å². The van der Waals surface area contributed by atoms with E-state index in [0.29, 0.717) is 25.8 Å². The fourth-order valence-electron chi connectivity index (χ4n) is 3.07. The number of aliphatic carboxylic acids is 1. The molecule has 0 aromatic heterocycles. The van der Waals surface area contributed by atoms with Crippen LogP contribution in [-0.2, 0) is 21.5 Å². The third-order valence-electron chi connectivity index (χ3n) is 5.00. The highest BCUT2D eigenvalue weighted by atomic mass is 79.9. The molecule has 6 nitrogen and oxygen atoms in total. The topological polar surface area (TPSA) is 90.5 Å². The lowest BCUT2D eigenvalue weighted by molar-refractivity contribution is -0.137. The minimum atomic E-state index is -0.803. The first-order valence-corrected chi connectivity index (χ1v) is 11.3. The molecule has 4 N–H and O–H groups in total. The van der Waals surface area contributed by atoms with Gasteiger partial charge >= 0.3 is 5.97 Å². The van der Waals surface area contributed by atoms with E-state index in [9.17, 15) is 9.59 Å². The highest BCUT2D eigenvalue weighted by Gasteiger charge is 2.12. The van der Waals surface area contributed by atoms with Gasteiger partial charge in [0.05, 0.1) is 0 Å². The summed E-state index contributed by atoms with van der Waals surface area (Å²) in [4.78, 5) is 22.0. The lowest BCUT2D eigenvalue weighted by Gasteiger charge is -2.19. The highest BCUT2D eigenvalue weighted by molar-refractivity contribution is 8.93. The van der Waals surface area contributed by atoms with Gasteiger partial charge in [0.25, 0.3) is 0 Å². The largest absolute Gasteiger partial charge is 0.481 e. The number of unbranched alkanes of at least 4 members (excludes halogenated alkanes) is 2. The van der Waals surface area contributed by atoms with Crippen LogP contribution < -0.4 is 16.0 Å². The lowest BCUT2D eigenvalue weighted by Crippen LogP contribution is -2.27. The summed E-state index contributed by atoms with van der Waals surface area (Å²) >= 11 is 0.